The van der Waals surface area contributed by atoms with Gasteiger partial charge in [0.15, 0.2) is 5.82 Å². The first kappa shape index (κ1) is 21.2. The number of H-pyrrole nitrogens is 2. The molecule has 5 aromatic heterocycles. The van der Waals surface area contributed by atoms with Crippen molar-refractivity contribution in [3.8, 4) is 33.9 Å². The molecule has 0 fully saturated rings. The number of anilines is 1. The minimum absolute atomic E-state index is 0.0591. The summed E-state index contributed by atoms with van der Waals surface area (Å²) in [6.45, 7) is 3.70. The zero-order valence-electron chi connectivity index (χ0n) is 19.0. The van der Waals surface area contributed by atoms with E-state index in [4.69, 9.17) is 4.98 Å². The van der Waals surface area contributed by atoms with Crippen molar-refractivity contribution in [2.24, 2.45) is 5.92 Å². The molecule has 3 N–H and O–H groups in total. The Labute approximate surface area is 204 Å². The molecule has 35 heavy (non-hydrogen) atoms. The van der Waals surface area contributed by atoms with Gasteiger partial charge in [-0.3, -0.25) is 19.9 Å². The van der Waals surface area contributed by atoms with Crippen molar-refractivity contribution in [1.29, 1.82) is 0 Å². The Morgan fingerprint density at radius 2 is 1.97 bits per heavy atom. The second kappa shape index (κ2) is 8.44. The average molecular weight is 480 g/mol. The van der Waals surface area contributed by atoms with E-state index in [1.165, 1.54) is 0 Å². The first-order valence-electron chi connectivity index (χ1n) is 11.2. The topological polar surface area (TPSA) is 112 Å². The number of benzene rings is 1. The molecule has 8 nitrogen and oxygen atoms in total. The Hall–Kier alpha value is -4.37. The van der Waals surface area contributed by atoms with Gasteiger partial charge in [-0.15, -0.1) is 0 Å². The number of pyridine rings is 2. The van der Waals surface area contributed by atoms with Crippen LogP contribution in [-0.4, -0.2) is 36.0 Å². The summed E-state index contributed by atoms with van der Waals surface area (Å²) in [4.78, 5) is 29.3. The molecule has 1 amide bonds. The van der Waals surface area contributed by atoms with E-state index >= 15 is 0 Å². The van der Waals surface area contributed by atoms with Crippen molar-refractivity contribution in [2.75, 3.05) is 5.32 Å². The third-order valence-corrected chi connectivity index (χ3v) is 6.53. The highest BCUT2D eigenvalue weighted by Gasteiger charge is 2.17. The van der Waals surface area contributed by atoms with Crippen LogP contribution in [0.4, 0.5) is 5.69 Å². The van der Waals surface area contributed by atoms with Crippen molar-refractivity contribution in [2.45, 2.75) is 13.8 Å². The Bertz CT molecular complexity index is 1680. The van der Waals surface area contributed by atoms with Gasteiger partial charge >= 0.3 is 0 Å². The number of thiophene rings is 1. The van der Waals surface area contributed by atoms with E-state index in [0.29, 0.717) is 17.2 Å². The maximum atomic E-state index is 12.1. The zero-order chi connectivity index (χ0) is 23.9. The minimum Gasteiger partial charge on any atom is -0.337 e. The van der Waals surface area contributed by atoms with E-state index in [9.17, 15) is 4.79 Å². The summed E-state index contributed by atoms with van der Waals surface area (Å²) in [5.41, 5.74) is 7.76. The van der Waals surface area contributed by atoms with Crippen LogP contribution in [0.2, 0.25) is 0 Å². The second-order valence-electron chi connectivity index (χ2n) is 8.59. The Kier molecular flexibility index (Phi) is 5.11. The fraction of sp³-hybridized carbons (Fsp3) is 0.115. The largest absolute Gasteiger partial charge is 0.337 e. The summed E-state index contributed by atoms with van der Waals surface area (Å²) in [7, 11) is 0. The summed E-state index contributed by atoms with van der Waals surface area (Å²) in [6, 6.07) is 12.1. The molecule has 0 radical (unpaired) electrons. The number of imidazole rings is 1. The number of nitrogens with one attached hydrogen (secondary N) is 3. The van der Waals surface area contributed by atoms with Crippen LogP contribution in [0.15, 0.2) is 65.7 Å². The lowest BCUT2D eigenvalue weighted by atomic mass is 10.1. The number of rotatable bonds is 5. The van der Waals surface area contributed by atoms with E-state index in [0.717, 1.165) is 44.3 Å². The van der Waals surface area contributed by atoms with Gasteiger partial charge in [-0.25, -0.2) is 4.98 Å². The van der Waals surface area contributed by atoms with Gasteiger partial charge in [-0.05, 0) is 40.6 Å². The first-order chi connectivity index (χ1) is 17.1. The molecule has 0 aliphatic carbocycles. The van der Waals surface area contributed by atoms with Crippen molar-refractivity contribution >= 4 is 44.9 Å². The van der Waals surface area contributed by atoms with Crippen molar-refractivity contribution in [3.63, 3.8) is 0 Å². The molecule has 0 aliphatic heterocycles. The molecule has 0 saturated heterocycles. The van der Waals surface area contributed by atoms with E-state index in [-0.39, 0.29) is 11.8 Å². The fourth-order valence-electron chi connectivity index (χ4n) is 3.99. The van der Waals surface area contributed by atoms with Gasteiger partial charge in [-0.2, -0.15) is 16.4 Å². The molecule has 0 aliphatic rings. The van der Waals surface area contributed by atoms with Crippen molar-refractivity contribution in [1.82, 2.24) is 30.1 Å². The van der Waals surface area contributed by atoms with Crippen LogP contribution >= 0.6 is 11.3 Å². The lowest BCUT2D eigenvalue weighted by molar-refractivity contribution is -0.118. The lowest BCUT2D eigenvalue weighted by Gasteiger charge is -2.08. The number of aromatic nitrogens is 6. The Morgan fingerprint density at radius 1 is 1.06 bits per heavy atom. The molecule has 9 heteroatoms. The SMILES string of the molecule is CC(C)C(=O)Nc1cncc(-c2cc3c(-c4nc5c(-c6ccsc6)cccc5[nH]4)n[nH]c3cn2)c1. The molecule has 0 saturated carbocycles. The lowest BCUT2D eigenvalue weighted by Crippen LogP contribution is -2.17. The standard InChI is InChI=1S/C26H21N7OS/c1-14(2)26(34)29-17-8-16(10-27-11-17)21-9-19-22(12-28-21)32-33-24(19)25-30-20-5-3-4-18(23(20)31-25)15-6-7-35-13-15/h3-14H,1-2H3,(H,29,34)(H,30,31)(H,32,33). The van der Waals surface area contributed by atoms with E-state index in [1.54, 1.807) is 29.9 Å². The minimum atomic E-state index is -0.120. The number of hydrogen-bond donors (Lipinski definition) is 3. The number of para-hydroxylation sites is 1. The molecule has 0 bridgehead atoms. The van der Waals surface area contributed by atoms with Gasteiger partial charge in [0, 0.05) is 28.6 Å². The fourth-order valence-corrected chi connectivity index (χ4v) is 4.64. The summed E-state index contributed by atoms with van der Waals surface area (Å²) in [5.74, 6) is 0.504. The molecular weight excluding hydrogens is 458 g/mol. The maximum absolute atomic E-state index is 12.1. The van der Waals surface area contributed by atoms with E-state index < -0.39 is 0 Å². The number of carbonyl (C=O) groups is 1. The van der Waals surface area contributed by atoms with Crippen LogP contribution in [-0.2, 0) is 4.79 Å². The van der Waals surface area contributed by atoms with Gasteiger partial charge in [0.05, 0.1) is 40.3 Å². The number of carbonyl (C=O) groups excluding carboxylic acids is 1. The molecule has 1 aromatic carbocycles. The van der Waals surface area contributed by atoms with Gasteiger partial charge in [0.1, 0.15) is 5.69 Å². The van der Waals surface area contributed by atoms with Crippen molar-refractivity contribution < 1.29 is 4.79 Å². The summed E-state index contributed by atoms with van der Waals surface area (Å²) >= 11 is 1.66. The molecule has 6 aromatic rings. The molecular formula is C26H21N7OS. The highest BCUT2D eigenvalue weighted by Crippen LogP contribution is 2.33. The molecule has 172 valence electrons. The van der Waals surface area contributed by atoms with Crippen LogP contribution in [0, 0.1) is 5.92 Å². The zero-order valence-corrected chi connectivity index (χ0v) is 19.9. The van der Waals surface area contributed by atoms with Gasteiger partial charge in [0.2, 0.25) is 5.91 Å². The van der Waals surface area contributed by atoms with Crippen LogP contribution in [0.1, 0.15) is 13.8 Å². The number of aromatic amines is 2. The maximum Gasteiger partial charge on any atom is 0.226 e. The van der Waals surface area contributed by atoms with E-state index in [2.05, 4.69) is 53.4 Å². The van der Waals surface area contributed by atoms with Gasteiger partial charge < -0.3 is 10.3 Å². The highest BCUT2D eigenvalue weighted by molar-refractivity contribution is 7.08. The third kappa shape index (κ3) is 3.85. The van der Waals surface area contributed by atoms with Crippen molar-refractivity contribution in [3.05, 3.63) is 65.7 Å². The monoisotopic (exact) mass is 479 g/mol. The molecule has 0 atom stereocenters. The predicted molar refractivity (Wildman–Crippen MR) is 139 cm³/mol. The third-order valence-electron chi connectivity index (χ3n) is 5.84. The molecule has 5 heterocycles. The number of nitrogens with zero attached hydrogens (tertiary/aromatic N) is 4. The van der Waals surface area contributed by atoms with Crippen LogP contribution < -0.4 is 5.32 Å². The summed E-state index contributed by atoms with van der Waals surface area (Å²) < 4.78 is 0. The number of fused-ring (bicyclic) bond motifs is 2. The Morgan fingerprint density at radius 3 is 2.80 bits per heavy atom. The second-order valence-corrected chi connectivity index (χ2v) is 9.37. The molecule has 0 spiro atoms. The van der Waals surface area contributed by atoms with Gasteiger partial charge in [-0.1, -0.05) is 26.0 Å². The van der Waals surface area contributed by atoms with Crippen LogP contribution in [0.5, 0.6) is 0 Å². The smallest absolute Gasteiger partial charge is 0.226 e. The highest BCUT2D eigenvalue weighted by atomic mass is 32.1. The number of hydrogen-bond acceptors (Lipinski definition) is 6. The summed E-state index contributed by atoms with van der Waals surface area (Å²) in [6.07, 6.45) is 5.11. The Balaban J connectivity index is 1.41. The normalized spacial score (nSPS) is 11.5. The van der Waals surface area contributed by atoms with Gasteiger partial charge in [0.25, 0.3) is 0 Å². The molecule has 0 unspecified atom stereocenters. The summed E-state index contributed by atoms with van der Waals surface area (Å²) in [5, 5.41) is 15.6. The van der Waals surface area contributed by atoms with E-state index in [1.807, 2.05) is 38.1 Å². The quantitative estimate of drug-likeness (QED) is 0.286. The predicted octanol–water partition coefficient (Wildman–Crippen LogP) is 5.89. The first-order valence-corrected chi connectivity index (χ1v) is 12.1. The van der Waals surface area contributed by atoms with Crippen LogP contribution in [0.3, 0.4) is 0 Å². The number of amides is 1. The average Bonchev–Trinajstić information content (AvgIpc) is 3.62. The molecule has 6 rings (SSSR count). The van der Waals surface area contributed by atoms with Crippen LogP contribution in [0.25, 0.3) is 55.8 Å².